The molecule has 2 aromatic rings. The highest BCUT2D eigenvalue weighted by atomic mass is 35.5. The molecule has 0 radical (unpaired) electrons. The van der Waals surface area contributed by atoms with E-state index in [1.165, 1.54) is 0 Å². The topological polar surface area (TPSA) is 121 Å². The third-order valence-corrected chi connectivity index (χ3v) is 5.54. The maximum atomic E-state index is 12.7. The number of carbonyl (C=O) groups is 2. The molecule has 2 aromatic carbocycles. The van der Waals surface area contributed by atoms with Crippen LogP contribution in [0.5, 0.6) is 11.5 Å². The minimum atomic E-state index is -0.682. The lowest BCUT2D eigenvalue weighted by molar-refractivity contribution is -0.121. The molecular formula is C25H31ClN4O5. The standard InChI is InChI=1S/C25H31ClN4O5/c1-2-14-34-24-19(21-10-11-22(32)30-29-21)8-9-20(23(24)26)25(33)28-13-12-27-15-17(31)16-35-18-6-4-3-5-7-18/h3-9,17,27,31H,2,10-16H2,1H3,(H,28,33)(H,30,32). The van der Waals surface area contributed by atoms with Crippen molar-refractivity contribution in [1.82, 2.24) is 16.1 Å². The van der Waals surface area contributed by atoms with Gasteiger partial charge >= 0.3 is 0 Å². The first kappa shape index (κ1) is 26.5. The molecule has 1 atom stereocenters. The van der Waals surface area contributed by atoms with E-state index in [1.54, 1.807) is 12.1 Å². The van der Waals surface area contributed by atoms with E-state index in [9.17, 15) is 14.7 Å². The average Bonchev–Trinajstić information content (AvgIpc) is 2.87. The highest BCUT2D eigenvalue weighted by molar-refractivity contribution is 6.36. The molecule has 35 heavy (non-hydrogen) atoms. The number of halogens is 1. The lowest BCUT2D eigenvalue weighted by Gasteiger charge is -2.18. The first-order valence-corrected chi connectivity index (χ1v) is 12.0. The van der Waals surface area contributed by atoms with Crippen molar-refractivity contribution in [2.45, 2.75) is 32.3 Å². The largest absolute Gasteiger partial charge is 0.491 e. The Labute approximate surface area is 209 Å². The van der Waals surface area contributed by atoms with Crippen molar-refractivity contribution >= 4 is 29.1 Å². The van der Waals surface area contributed by atoms with Gasteiger partial charge in [0.05, 0.1) is 22.9 Å². The van der Waals surface area contributed by atoms with Crippen LogP contribution in [0.25, 0.3) is 0 Å². The molecular weight excluding hydrogens is 472 g/mol. The molecule has 4 N–H and O–H groups in total. The molecule has 2 amide bonds. The number of nitrogens with one attached hydrogen (secondary N) is 3. The van der Waals surface area contributed by atoms with Crippen molar-refractivity contribution in [3.05, 3.63) is 58.6 Å². The van der Waals surface area contributed by atoms with Crippen LogP contribution in [0.4, 0.5) is 0 Å². The Morgan fingerprint density at radius 2 is 1.97 bits per heavy atom. The second-order valence-electron chi connectivity index (χ2n) is 7.98. The number of hydrogen-bond acceptors (Lipinski definition) is 7. The van der Waals surface area contributed by atoms with Gasteiger partial charge in [-0.3, -0.25) is 9.59 Å². The zero-order valence-corrected chi connectivity index (χ0v) is 20.4. The quantitative estimate of drug-likeness (QED) is 0.312. The number of hydrogen-bond donors (Lipinski definition) is 4. The Hall–Kier alpha value is -3.14. The number of ether oxygens (including phenoxy) is 2. The molecule has 0 saturated carbocycles. The number of amides is 2. The van der Waals surface area contributed by atoms with E-state index in [-0.39, 0.29) is 23.4 Å². The summed E-state index contributed by atoms with van der Waals surface area (Å²) in [5, 5.41) is 20.3. The molecule has 9 nitrogen and oxygen atoms in total. The first-order chi connectivity index (χ1) is 17.0. The second-order valence-corrected chi connectivity index (χ2v) is 8.36. The SMILES string of the molecule is CCCOc1c(C2=NNC(=O)CC2)ccc(C(=O)NCCNCC(O)COc2ccccc2)c1Cl. The number of rotatable bonds is 13. The molecule has 0 saturated heterocycles. The van der Waals surface area contributed by atoms with E-state index in [0.717, 1.165) is 6.42 Å². The number of aliphatic hydroxyl groups is 1. The van der Waals surface area contributed by atoms with Crippen molar-refractivity contribution in [2.24, 2.45) is 5.10 Å². The van der Waals surface area contributed by atoms with Crippen LogP contribution in [0, 0.1) is 0 Å². The van der Waals surface area contributed by atoms with E-state index >= 15 is 0 Å². The summed E-state index contributed by atoms with van der Waals surface area (Å²) < 4.78 is 11.4. The Kier molecular flexibility index (Phi) is 10.3. The van der Waals surface area contributed by atoms with E-state index in [0.29, 0.717) is 67.4 Å². The summed E-state index contributed by atoms with van der Waals surface area (Å²) in [6.45, 7) is 3.69. The van der Waals surface area contributed by atoms with Gasteiger partial charge in [-0.2, -0.15) is 5.10 Å². The van der Waals surface area contributed by atoms with Crippen LogP contribution in [0.1, 0.15) is 42.1 Å². The van der Waals surface area contributed by atoms with E-state index < -0.39 is 6.10 Å². The van der Waals surface area contributed by atoms with Crippen LogP contribution < -0.4 is 25.5 Å². The zero-order valence-electron chi connectivity index (χ0n) is 19.7. The van der Waals surface area contributed by atoms with Crippen LogP contribution in [0.15, 0.2) is 47.6 Å². The molecule has 0 fully saturated rings. The number of carbonyl (C=O) groups excluding carboxylic acids is 2. The molecule has 0 spiro atoms. The van der Waals surface area contributed by atoms with Crippen LogP contribution in [0.3, 0.4) is 0 Å². The lowest BCUT2D eigenvalue weighted by Crippen LogP contribution is -2.37. The van der Waals surface area contributed by atoms with E-state index in [4.69, 9.17) is 21.1 Å². The van der Waals surface area contributed by atoms with Gasteiger partial charge in [-0.15, -0.1) is 0 Å². The molecule has 10 heteroatoms. The van der Waals surface area contributed by atoms with Crippen molar-refractivity contribution in [1.29, 1.82) is 0 Å². The predicted molar refractivity (Wildman–Crippen MR) is 134 cm³/mol. The Balaban J connectivity index is 1.50. The zero-order chi connectivity index (χ0) is 25.0. The summed E-state index contributed by atoms with van der Waals surface area (Å²) in [6, 6.07) is 12.6. The van der Waals surface area contributed by atoms with Crippen molar-refractivity contribution in [2.75, 3.05) is 32.8 Å². The van der Waals surface area contributed by atoms with Gasteiger partial charge in [-0.25, -0.2) is 5.43 Å². The fraction of sp³-hybridized carbons (Fsp3) is 0.400. The second kappa shape index (κ2) is 13.7. The summed E-state index contributed by atoms with van der Waals surface area (Å²) in [5.74, 6) is 0.605. The van der Waals surface area contributed by atoms with Gasteiger partial charge in [0, 0.05) is 38.0 Å². The molecule has 0 aromatic heterocycles. The van der Waals surface area contributed by atoms with E-state index in [2.05, 4.69) is 21.2 Å². The molecule has 1 aliphatic rings. The molecule has 1 heterocycles. The van der Waals surface area contributed by atoms with Gasteiger partial charge in [0.1, 0.15) is 24.2 Å². The summed E-state index contributed by atoms with van der Waals surface area (Å²) >= 11 is 6.57. The lowest BCUT2D eigenvalue weighted by atomic mass is 10.0. The minimum absolute atomic E-state index is 0.142. The maximum absolute atomic E-state index is 12.7. The smallest absolute Gasteiger partial charge is 0.252 e. The Bertz CT molecular complexity index is 1030. The number of benzene rings is 2. The normalized spacial score (nSPS) is 14.0. The molecule has 188 valence electrons. The number of aliphatic hydroxyl groups excluding tert-OH is 1. The predicted octanol–water partition coefficient (Wildman–Crippen LogP) is 2.50. The van der Waals surface area contributed by atoms with Crippen molar-refractivity contribution in [3.8, 4) is 11.5 Å². The van der Waals surface area contributed by atoms with Crippen LogP contribution in [-0.4, -0.2) is 61.6 Å². The van der Waals surface area contributed by atoms with Crippen LogP contribution in [0.2, 0.25) is 5.02 Å². The van der Waals surface area contributed by atoms with Gasteiger partial charge in [-0.1, -0.05) is 36.7 Å². The Morgan fingerprint density at radius 3 is 2.69 bits per heavy atom. The molecule has 1 aliphatic heterocycles. The van der Waals surface area contributed by atoms with Crippen LogP contribution >= 0.6 is 11.6 Å². The third kappa shape index (κ3) is 7.95. The van der Waals surface area contributed by atoms with Gasteiger partial charge in [0.25, 0.3) is 5.91 Å². The van der Waals surface area contributed by atoms with E-state index in [1.807, 2.05) is 37.3 Å². The summed E-state index contributed by atoms with van der Waals surface area (Å²) in [5.41, 5.74) is 4.08. The highest BCUT2D eigenvalue weighted by Crippen LogP contribution is 2.34. The van der Waals surface area contributed by atoms with Crippen molar-refractivity contribution in [3.63, 3.8) is 0 Å². The first-order valence-electron chi connectivity index (χ1n) is 11.7. The molecule has 3 rings (SSSR count). The maximum Gasteiger partial charge on any atom is 0.252 e. The number of nitrogens with zero attached hydrogens (tertiary/aromatic N) is 1. The molecule has 0 bridgehead atoms. The number of para-hydroxylation sites is 1. The Morgan fingerprint density at radius 1 is 1.17 bits per heavy atom. The van der Waals surface area contributed by atoms with Gasteiger partial charge in [0.15, 0.2) is 0 Å². The minimum Gasteiger partial charge on any atom is -0.491 e. The third-order valence-electron chi connectivity index (χ3n) is 5.16. The van der Waals surface area contributed by atoms with Gasteiger partial charge in [-0.05, 0) is 30.7 Å². The molecule has 0 aliphatic carbocycles. The molecule has 1 unspecified atom stereocenters. The van der Waals surface area contributed by atoms with Crippen LogP contribution in [-0.2, 0) is 4.79 Å². The van der Waals surface area contributed by atoms with Gasteiger partial charge in [0.2, 0.25) is 5.91 Å². The summed E-state index contributed by atoms with van der Waals surface area (Å²) in [4.78, 5) is 24.2. The van der Waals surface area contributed by atoms with Crippen molar-refractivity contribution < 1.29 is 24.2 Å². The summed E-state index contributed by atoms with van der Waals surface area (Å²) in [7, 11) is 0. The summed E-state index contributed by atoms with van der Waals surface area (Å²) in [6.07, 6.45) is 0.873. The van der Waals surface area contributed by atoms with Gasteiger partial charge < -0.3 is 25.2 Å². The number of hydrazone groups is 1. The highest BCUT2D eigenvalue weighted by Gasteiger charge is 2.23. The average molecular weight is 503 g/mol. The fourth-order valence-corrected chi connectivity index (χ4v) is 3.67. The fourth-order valence-electron chi connectivity index (χ4n) is 3.37. The monoisotopic (exact) mass is 502 g/mol.